The maximum atomic E-state index is 17.6. The molecule has 2 unspecified atom stereocenters. The van der Waals surface area contributed by atoms with Crippen LogP contribution in [0.3, 0.4) is 0 Å². The number of rotatable bonds is 24. The van der Waals surface area contributed by atoms with E-state index in [0.717, 1.165) is 56.7 Å². The van der Waals surface area contributed by atoms with Gasteiger partial charge in [-0.3, -0.25) is 0 Å². The van der Waals surface area contributed by atoms with E-state index in [2.05, 4.69) is 90.1 Å². The molecule has 4 aliphatic heterocycles. The molecular formula is C90H98F2O14Si2. The van der Waals surface area contributed by atoms with Crippen molar-refractivity contribution < 1.29 is 74.5 Å². The molecule has 564 valence electrons. The molecule has 9 aromatic carbocycles. The predicted molar refractivity (Wildman–Crippen MR) is 412 cm³/mol. The summed E-state index contributed by atoms with van der Waals surface area (Å²) in [5.41, 5.74) is 2.99. The standard InChI is InChI=1S/C90H98F2O14Si2/c1-88(2,3)107(68-30-18-10-19-31-68,69-32-20-11-21-33-69)105-74-44-40-60(49-72(74)91)55-94-80-78-76(57-97-84(101-78)65-26-14-8-15-27-65)99-86(82(80)96-54-59-38-42-67(93-7)43-39-59)103-83-81(95-56-61-41-45-75(73(92)50-61)106-108(89(4,5)6,70-34-22-12-23-35-70)71-36-24-13-25-37-71)79-77(58-98-85(102-79)66-28-16-9-17-29-66)100-87(83)104-90-51-62-46-63(52-90)48-64(47-62)53-90/h8-45,49-50,62-64,76-87H,46-48,51-58H2,1-7H3/t62?,63?,64?,76-,77-,78-,79-,80+,81+,82+,83+,84?,85?,86+,87+,90?/m1/s1. The van der Waals surface area contributed by atoms with Crippen LogP contribution in [0.4, 0.5) is 8.78 Å². The second-order valence-electron chi connectivity index (χ2n) is 32.5. The van der Waals surface area contributed by atoms with Crippen molar-refractivity contribution in [2.45, 2.75) is 190 Å². The molecule has 8 fully saturated rings. The molecule has 18 heteroatoms. The Morgan fingerprint density at radius 2 is 0.769 bits per heavy atom. The lowest BCUT2D eigenvalue weighted by Crippen LogP contribution is -2.69. The van der Waals surface area contributed by atoms with Gasteiger partial charge in [-0.2, -0.15) is 0 Å². The van der Waals surface area contributed by atoms with Crippen molar-refractivity contribution in [2.24, 2.45) is 17.8 Å². The van der Waals surface area contributed by atoms with Crippen molar-refractivity contribution in [1.29, 1.82) is 0 Å². The fourth-order valence-corrected chi connectivity index (χ4v) is 27.3. The molecule has 4 bridgehead atoms. The maximum absolute atomic E-state index is 17.6. The molecule has 14 nitrogen and oxygen atoms in total. The zero-order chi connectivity index (χ0) is 74.2. The Bertz CT molecular complexity index is 4330. The summed E-state index contributed by atoms with van der Waals surface area (Å²) in [4.78, 5) is 0. The first-order valence-corrected chi connectivity index (χ1v) is 42.2. The predicted octanol–water partition coefficient (Wildman–Crippen LogP) is 16.0. The largest absolute Gasteiger partial charge is 0.532 e. The highest BCUT2D eigenvalue weighted by Gasteiger charge is 2.61. The summed E-state index contributed by atoms with van der Waals surface area (Å²) in [7, 11) is -4.87. The summed E-state index contributed by atoms with van der Waals surface area (Å²) in [6, 6.07) is 78.2. The molecule has 4 saturated carbocycles. The van der Waals surface area contributed by atoms with Gasteiger partial charge < -0.3 is 65.7 Å². The lowest BCUT2D eigenvalue weighted by molar-refractivity contribution is -0.422. The van der Waals surface area contributed by atoms with E-state index >= 15 is 8.78 Å². The van der Waals surface area contributed by atoms with Crippen LogP contribution in [0.1, 0.15) is 120 Å². The van der Waals surface area contributed by atoms with Gasteiger partial charge in [0.1, 0.15) is 66.1 Å². The van der Waals surface area contributed by atoms with Crippen LogP contribution in [0.15, 0.2) is 243 Å². The lowest BCUT2D eigenvalue weighted by Gasteiger charge is -2.58. The molecule has 0 spiro atoms. The van der Waals surface area contributed by atoms with Gasteiger partial charge in [-0.05, 0) is 140 Å². The van der Waals surface area contributed by atoms with E-state index in [9.17, 15) is 0 Å². The van der Waals surface area contributed by atoms with E-state index in [4.69, 9.17) is 65.7 Å². The van der Waals surface area contributed by atoms with Crippen molar-refractivity contribution >= 4 is 37.4 Å². The second-order valence-corrected chi connectivity index (χ2v) is 40.9. The number of fused-ring (bicyclic) bond motifs is 2. The highest BCUT2D eigenvalue weighted by atomic mass is 28.4. The number of hydrogen-bond donors (Lipinski definition) is 0. The topological polar surface area (TPSA) is 129 Å². The SMILES string of the molecule is COc1ccc(CO[C@@H]2[C@H](O[C@@H]3[C@H](OC45CC6CC(CC(C6)C4)C5)O[C@@H]4COC(c5ccccc5)O[C@H]4[C@@H]3OCc3ccc(O[Si](c4ccccc4)(c4ccccc4)C(C)(C)C)c(F)c3)O[C@@H]3COC(c4ccccc4)O[C@H]3[C@@H]2OCc2ccc(O[Si](c3ccccc3)(c3ccccc3)C(C)(C)C)c(F)c2)cc1. The number of halogens is 2. The molecule has 108 heavy (non-hydrogen) atoms. The van der Waals surface area contributed by atoms with E-state index in [-0.39, 0.29) is 44.5 Å². The summed E-state index contributed by atoms with van der Waals surface area (Å²) >= 11 is 0. The smallest absolute Gasteiger partial charge is 0.320 e. The fourth-order valence-electron chi connectivity index (χ4n) is 18.5. The molecule has 0 aromatic heterocycles. The number of benzene rings is 9. The molecule has 8 aliphatic rings. The molecule has 0 amide bonds. The Balaban J connectivity index is 0.775. The minimum atomic E-state index is -3.25. The van der Waals surface area contributed by atoms with Gasteiger partial charge in [-0.25, -0.2) is 8.78 Å². The zero-order valence-corrected chi connectivity index (χ0v) is 64.5. The van der Waals surface area contributed by atoms with E-state index in [1.54, 1.807) is 19.2 Å². The third-order valence-electron chi connectivity index (χ3n) is 23.2. The summed E-state index contributed by atoms with van der Waals surface area (Å²) in [5.74, 6) is 1.45. The molecular weight excluding hydrogens is 1400 g/mol. The first-order valence-electron chi connectivity index (χ1n) is 38.3. The van der Waals surface area contributed by atoms with Crippen LogP contribution in [-0.2, 0) is 71.9 Å². The van der Waals surface area contributed by atoms with Gasteiger partial charge in [0, 0.05) is 11.1 Å². The molecule has 0 radical (unpaired) electrons. The number of methoxy groups -OCH3 is 1. The maximum Gasteiger partial charge on any atom is 0.320 e. The van der Waals surface area contributed by atoms with Crippen LogP contribution >= 0.6 is 0 Å². The third-order valence-corrected chi connectivity index (χ3v) is 33.1. The Kier molecular flexibility index (Phi) is 21.7. The summed E-state index contributed by atoms with van der Waals surface area (Å²) in [5, 5.41) is 3.22. The zero-order valence-electron chi connectivity index (χ0n) is 62.5. The van der Waals surface area contributed by atoms with E-state index < -0.39 is 118 Å². The summed E-state index contributed by atoms with van der Waals surface area (Å²) < 4.78 is 135. The minimum Gasteiger partial charge on any atom is -0.532 e. The first kappa shape index (κ1) is 74.3. The van der Waals surface area contributed by atoms with Crippen molar-refractivity contribution in [1.82, 2.24) is 0 Å². The quantitative estimate of drug-likeness (QED) is 0.0532. The van der Waals surface area contributed by atoms with Crippen LogP contribution in [-0.4, -0.2) is 104 Å². The van der Waals surface area contributed by atoms with E-state index in [1.165, 1.54) is 31.4 Å². The Labute approximate surface area is 635 Å². The van der Waals surface area contributed by atoms with Gasteiger partial charge in [0.05, 0.1) is 45.7 Å². The summed E-state index contributed by atoms with van der Waals surface area (Å²) in [6.45, 7) is 13.1. The minimum absolute atomic E-state index is 0.0657. The Hall–Kier alpha value is -7.77. The van der Waals surface area contributed by atoms with E-state index in [0.29, 0.717) is 34.6 Å². The van der Waals surface area contributed by atoms with E-state index in [1.807, 2.05) is 170 Å². The third kappa shape index (κ3) is 15.2. The molecule has 17 rings (SSSR count). The van der Waals surface area contributed by atoms with Crippen LogP contribution in [0, 0.1) is 29.4 Å². The van der Waals surface area contributed by atoms with Crippen molar-refractivity contribution in [3.8, 4) is 17.2 Å². The average molecular weight is 1500 g/mol. The van der Waals surface area contributed by atoms with Crippen LogP contribution in [0.2, 0.25) is 10.1 Å². The molecule has 4 saturated heterocycles. The van der Waals surface area contributed by atoms with Crippen LogP contribution < -0.4 is 34.3 Å². The Morgan fingerprint density at radius 3 is 1.16 bits per heavy atom. The molecule has 0 N–H and O–H groups in total. The van der Waals surface area contributed by atoms with Crippen molar-refractivity contribution in [3.05, 3.63) is 282 Å². The Morgan fingerprint density at radius 1 is 0.407 bits per heavy atom. The highest BCUT2D eigenvalue weighted by Crippen LogP contribution is 2.58. The summed E-state index contributed by atoms with van der Waals surface area (Å²) in [6.07, 6.45) is -5.20. The van der Waals surface area contributed by atoms with Crippen LogP contribution in [0.5, 0.6) is 17.2 Å². The fraction of sp³-hybridized carbons (Fsp3) is 0.400. The molecule has 9 aromatic rings. The number of hydrogen-bond acceptors (Lipinski definition) is 14. The van der Waals surface area contributed by atoms with Gasteiger partial charge >= 0.3 is 16.6 Å². The molecule has 4 aliphatic carbocycles. The normalized spacial score (nSPS) is 28.3. The molecule has 4 heterocycles. The van der Waals surface area contributed by atoms with Gasteiger partial charge in [-0.15, -0.1) is 0 Å². The highest BCUT2D eigenvalue weighted by molar-refractivity contribution is 7.00. The monoisotopic (exact) mass is 1500 g/mol. The lowest BCUT2D eigenvalue weighted by atomic mass is 9.54. The molecule has 12 atom stereocenters. The van der Waals surface area contributed by atoms with Crippen molar-refractivity contribution in [2.75, 3.05) is 20.3 Å². The van der Waals surface area contributed by atoms with Gasteiger partial charge in [0.25, 0.3) is 0 Å². The first-order chi connectivity index (χ1) is 52.4. The van der Waals surface area contributed by atoms with Gasteiger partial charge in [0.15, 0.2) is 36.8 Å². The van der Waals surface area contributed by atoms with Crippen molar-refractivity contribution in [3.63, 3.8) is 0 Å². The van der Waals surface area contributed by atoms with Gasteiger partial charge in [-0.1, -0.05) is 248 Å². The second kappa shape index (κ2) is 31.5. The van der Waals surface area contributed by atoms with Gasteiger partial charge in [0.2, 0.25) is 0 Å². The van der Waals surface area contributed by atoms with Crippen LogP contribution in [0.25, 0.3) is 0 Å². The number of ether oxygens (including phenoxy) is 12. The average Bonchev–Trinajstić information content (AvgIpc) is 0.752.